The summed E-state index contributed by atoms with van der Waals surface area (Å²) >= 11 is 11.7. The molecule has 0 aromatic heterocycles. The number of phenols is 1. The Labute approximate surface area is 106 Å². The molecule has 0 bridgehead atoms. The van der Waals surface area contributed by atoms with Gasteiger partial charge in [-0.25, -0.2) is 0 Å². The highest BCUT2D eigenvalue weighted by molar-refractivity contribution is 6.35. The van der Waals surface area contributed by atoms with Crippen LogP contribution in [-0.2, 0) is 6.54 Å². The smallest absolute Gasteiger partial charge is 0.138 e. The van der Waals surface area contributed by atoms with E-state index in [1.165, 1.54) is 6.07 Å². The van der Waals surface area contributed by atoms with Gasteiger partial charge in [0.05, 0.1) is 5.02 Å². The number of halogens is 2. The SMILES string of the molecule is C/C=C/CCNCc1cc(Cl)cc(Cl)c1O. The van der Waals surface area contributed by atoms with E-state index < -0.39 is 0 Å². The number of hydrogen-bond donors (Lipinski definition) is 2. The van der Waals surface area contributed by atoms with Crippen LogP contribution < -0.4 is 5.32 Å². The van der Waals surface area contributed by atoms with E-state index in [0.717, 1.165) is 18.5 Å². The minimum atomic E-state index is 0.101. The molecule has 2 nitrogen and oxygen atoms in total. The molecule has 0 fully saturated rings. The van der Waals surface area contributed by atoms with Crippen molar-refractivity contribution in [1.29, 1.82) is 0 Å². The van der Waals surface area contributed by atoms with Crippen LogP contribution in [0, 0.1) is 0 Å². The average molecular weight is 260 g/mol. The molecule has 0 saturated heterocycles. The molecule has 0 aliphatic heterocycles. The molecule has 0 spiro atoms. The van der Waals surface area contributed by atoms with Gasteiger partial charge in [0.2, 0.25) is 0 Å². The molecule has 1 aromatic rings. The van der Waals surface area contributed by atoms with Crippen molar-refractivity contribution in [3.63, 3.8) is 0 Å². The van der Waals surface area contributed by atoms with Crippen LogP contribution in [0.1, 0.15) is 18.9 Å². The van der Waals surface area contributed by atoms with Crippen LogP contribution in [-0.4, -0.2) is 11.7 Å². The highest BCUT2D eigenvalue weighted by atomic mass is 35.5. The summed E-state index contributed by atoms with van der Waals surface area (Å²) in [6.07, 6.45) is 5.05. The lowest BCUT2D eigenvalue weighted by Gasteiger charge is -2.08. The lowest BCUT2D eigenvalue weighted by atomic mass is 10.2. The zero-order chi connectivity index (χ0) is 12.0. The summed E-state index contributed by atoms with van der Waals surface area (Å²) in [7, 11) is 0. The van der Waals surface area contributed by atoms with E-state index in [1.807, 2.05) is 13.0 Å². The van der Waals surface area contributed by atoms with Gasteiger partial charge >= 0.3 is 0 Å². The van der Waals surface area contributed by atoms with Crippen LogP contribution in [0.3, 0.4) is 0 Å². The van der Waals surface area contributed by atoms with Gasteiger partial charge in [-0.3, -0.25) is 0 Å². The molecule has 1 aromatic carbocycles. The zero-order valence-corrected chi connectivity index (χ0v) is 10.6. The van der Waals surface area contributed by atoms with Crippen LogP contribution in [0.5, 0.6) is 5.75 Å². The maximum atomic E-state index is 9.68. The van der Waals surface area contributed by atoms with E-state index in [4.69, 9.17) is 23.2 Å². The highest BCUT2D eigenvalue weighted by Gasteiger charge is 2.06. The average Bonchev–Trinajstić information content (AvgIpc) is 2.24. The summed E-state index contributed by atoms with van der Waals surface area (Å²) in [5.41, 5.74) is 0.720. The van der Waals surface area contributed by atoms with E-state index in [0.29, 0.717) is 11.6 Å². The summed E-state index contributed by atoms with van der Waals surface area (Å²) in [5.74, 6) is 0.101. The Balaban J connectivity index is 2.53. The van der Waals surface area contributed by atoms with Crippen molar-refractivity contribution >= 4 is 23.2 Å². The molecule has 0 heterocycles. The van der Waals surface area contributed by atoms with Crippen LogP contribution in [0.2, 0.25) is 10.0 Å². The molecule has 2 N–H and O–H groups in total. The second kappa shape index (κ2) is 6.79. The molecule has 1 rings (SSSR count). The normalized spacial score (nSPS) is 11.2. The van der Waals surface area contributed by atoms with Gasteiger partial charge in [-0.1, -0.05) is 35.4 Å². The number of nitrogens with one attached hydrogen (secondary N) is 1. The Kier molecular flexibility index (Phi) is 5.67. The summed E-state index contributed by atoms with van der Waals surface area (Å²) in [6, 6.07) is 3.24. The number of rotatable bonds is 5. The van der Waals surface area contributed by atoms with Crippen molar-refractivity contribution in [2.24, 2.45) is 0 Å². The largest absolute Gasteiger partial charge is 0.506 e. The van der Waals surface area contributed by atoms with Crippen LogP contribution in [0.15, 0.2) is 24.3 Å². The molecular weight excluding hydrogens is 245 g/mol. The Morgan fingerprint density at radius 3 is 2.81 bits per heavy atom. The molecule has 16 heavy (non-hydrogen) atoms. The van der Waals surface area contributed by atoms with Gasteiger partial charge in [-0.15, -0.1) is 0 Å². The van der Waals surface area contributed by atoms with Crippen molar-refractivity contribution in [2.45, 2.75) is 19.9 Å². The molecule has 0 aliphatic rings. The number of benzene rings is 1. The Morgan fingerprint density at radius 2 is 2.12 bits per heavy atom. The monoisotopic (exact) mass is 259 g/mol. The van der Waals surface area contributed by atoms with Gasteiger partial charge in [0.15, 0.2) is 0 Å². The fourth-order valence-corrected chi connectivity index (χ4v) is 1.86. The van der Waals surface area contributed by atoms with Gasteiger partial charge in [-0.05, 0) is 32.0 Å². The third-order valence-corrected chi connectivity index (χ3v) is 2.65. The number of allylic oxidation sites excluding steroid dienone is 1. The third kappa shape index (κ3) is 4.05. The minimum absolute atomic E-state index is 0.101. The molecule has 0 atom stereocenters. The first-order valence-corrected chi connectivity index (χ1v) is 5.89. The number of phenolic OH excluding ortho intramolecular Hbond substituents is 1. The first-order chi connectivity index (χ1) is 7.65. The molecule has 0 radical (unpaired) electrons. The second-order valence-corrected chi connectivity index (χ2v) is 4.27. The lowest BCUT2D eigenvalue weighted by molar-refractivity contribution is 0.465. The standard InChI is InChI=1S/C12H15Cl2NO/c1-2-3-4-5-15-8-9-6-10(13)7-11(14)12(9)16/h2-3,6-7,15-16H,4-5,8H2,1H3/b3-2+. The van der Waals surface area contributed by atoms with Gasteiger partial charge in [-0.2, -0.15) is 0 Å². The first-order valence-electron chi connectivity index (χ1n) is 5.14. The van der Waals surface area contributed by atoms with E-state index in [2.05, 4.69) is 11.4 Å². The second-order valence-electron chi connectivity index (χ2n) is 3.43. The summed E-state index contributed by atoms with van der Waals surface area (Å²) < 4.78 is 0. The molecule has 0 amide bonds. The van der Waals surface area contributed by atoms with Crippen LogP contribution in [0.25, 0.3) is 0 Å². The molecule has 0 saturated carbocycles. The molecule has 0 aliphatic carbocycles. The lowest BCUT2D eigenvalue weighted by Crippen LogP contribution is -2.14. The van der Waals surface area contributed by atoms with Crippen LogP contribution in [0.4, 0.5) is 0 Å². The molecule has 0 unspecified atom stereocenters. The Bertz CT molecular complexity index is 378. The van der Waals surface area contributed by atoms with Crippen molar-refractivity contribution in [1.82, 2.24) is 5.32 Å². The zero-order valence-electron chi connectivity index (χ0n) is 9.13. The van der Waals surface area contributed by atoms with E-state index in [1.54, 1.807) is 6.07 Å². The van der Waals surface area contributed by atoms with Crippen molar-refractivity contribution in [3.05, 3.63) is 39.9 Å². The van der Waals surface area contributed by atoms with Crippen LogP contribution >= 0.6 is 23.2 Å². The fourth-order valence-electron chi connectivity index (χ4n) is 1.33. The van der Waals surface area contributed by atoms with Gasteiger partial charge < -0.3 is 10.4 Å². The van der Waals surface area contributed by atoms with E-state index >= 15 is 0 Å². The number of aromatic hydroxyl groups is 1. The highest BCUT2D eigenvalue weighted by Crippen LogP contribution is 2.30. The quantitative estimate of drug-likeness (QED) is 0.624. The predicted octanol–water partition coefficient (Wildman–Crippen LogP) is 3.75. The fraction of sp³-hybridized carbons (Fsp3) is 0.333. The maximum Gasteiger partial charge on any atom is 0.138 e. The topological polar surface area (TPSA) is 32.3 Å². The Hall–Kier alpha value is -0.700. The van der Waals surface area contributed by atoms with Gasteiger partial charge in [0, 0.05) is 17.1 Å². The third-order valence-electron chi connectivity index (χ3n) is 2.15. The molecule has 4 heteroatoms. The molecule has 88 valence electrons. The van der Waals surface area contributed by atoms with Gasteiger partial charge in [0.25, 0.3) is 0 Å². The maximum absolute atomic E-state index is 9.68. The minimum Gasteiger partial charge on any atom is -0.506 e. The van der Waals surface area contributed by atoms with Crippen molar-refractivity contribution < 1.29 is 5.11 Å². The molecular formula is C12H15Cl2NO. The summed E-state index contributed by atoms with van der Waals surface area (Å²) in [5, 5.41) is 13.7. The first kappa shape index (κ1) is 13.4. The predicted molar refractivity (Wildman–Crippen MR) is 69.3 cm³/mol. The Morgan fingerprint density at radius 1 is 1.38 bits per heavy atom. The van der Waals surface area contributed by atoms with E-state index in [9.17, 15) is 5.11 Å². The van der Waals surface area contributed by atoms with Crippen molar-refractivity contribution in [3.8, 4) is 5.75 Å². The summed E-state index contributed by atoms with van der Waals surface area (Å²) in [6.45, 7) is 3.40. The van der Waals surface area contributed by atoms with Gasteiger partial charge in [0.1, 0.15) is 5.75 Å². The summed E-state index contributed by atoms with van der Waals surface area (Å²) in [4.78, 5) is 0. The number of hydrogen-bond acceptors (Lipinski definition) is 2. The van der Waals surface area contributed by atoms with E-state index in [-0.39, 0.29) is 10.8 Å². The van der Waals surface area contributed by atoms with Crippen molar-refractivity contribution in [2.75, 3.05) is 6.54 Å².